The highest BCUT2D eigenvalue weighted by Crippen LogP contribution is 2.18. The van der Waals surface area contributed by atoms with Crippen LogP contribution in [0.5, 0.6) is 0 Å². The molecule has 6 nitrogen and oxygen atoms in total. The highest BCUT2D eigenvalue weighted by molar-refractivity contribution is 6.04. The van der Waals surface area contributed by atoms with Crippen LogP contribution in [0.4, 0.5) is 5.69 Å². The fourth-order valence-electron chi connectivity index (χ4n) is 2.97. The summed E-state index contributed by atoms with van der Waals surface area (Å²) in [7, 11) is 0. The molecule has 0 bridgehead atoms. The lowest BCUT2D eigenvalue weighted by atomic mass is 10.1. The number of benzene rings is 2. The summed E-state index contributed by atoms with van der Waals surface area (Å²) in [4.78, 5) is 41.4. The smallest absolute Gasteiger partial charge is 0.282 e. The maximum atomic E-state index is 12.8. The number of hydrogen-bond donors (Lipinski definition) is 1. The number of carbonyl (C=O) groups excluding carboxylic acids is 2. The number of aromatic nitrogens is 2. The minimum atomic E-state index is -0.594. The molecule has 138 valence electrons. The van der Waals surface area contributed by atoms with E-state index in [-0.39, 0.29) is 11.5 Å². The summed E-state index contributed by atoms with van der Waals surface area (Å²) in [6, 6.07) is 10.4. The molecule has 0 fully saturated rings. The van der Waals surface area contributed by atoms with Crippen LogP contribution in [0.1, 0.15) is 45.8 Å². The van der Waals surface area contributed by atoms with E-state index in [1.807, 2.05) is 32.9 Å². The van der Waals surface area contributed by atoms with E-state index in [4.69, 9.17) is 0 Å². The van der Waals surface area contributed by atoms with Gasteiger partial charge in [0.25, 0.3) is 11.5 Å². The number of rotatable bonds is 4. The molecule has 0 atom stereocenters. The first-order valence-electron chi connectivity index (χ1n) is 8.76. The fourth-order valence-corrected chi connectivity index (χ4v) is 2.97. The van der Waals surface area contributed by atoms with E-state index in [2.05, 4.69) is 10.3 Å². The van der Waals surface area contributed by atoms with Crippen LogP contribution in [-0.4, -0.2) is 21.2 Å². The third-order valence-corrected chi connectivity index (χ3v) is 4.62. The van der Waals surface area contributed by atoms with Crippen molar-refractivity contribution >= 4 is 28.4 Å². The molecule has 0 unspecified atom stereocenters. The molecule has 3 aromatic rings. The highest BCUT2D eigenvalue weighted by atomic mass is 16.2. The summed E-state index contributed by atoms with van der Waals surface area (Å²) in [5.74, 6) is -0.697. The zero-order chi connectivity index (χ0) is 19.7. The number of carbonyl (C=O) groups is 2. The molecule has 0 aliphatic rings. The van der Waals surface area contributed by atoms with Crippen molar-refractivity contribution in [2.75, 3.05) is 5.32 Å². The number of anilines is 1. The fraction of sp³-hybridized carbons (Fsp3) is 0.238. The van der Waals surface area contributed by atoms with E-state index < -0.39 is 11.5 Å². The van der Waals surface area contributed by atoms with Gasteiger partial charge in [0, 0.05) is 17.8 Å². The van der Waals surface area contributed by atoms with Crippen molar-refractivity contribution in [3.8, 4) is 0 Å². The SMILES string of the molecule is CCn1c(=O)c(C(=O)Nc2cccc(C(C)=O)c2)nc2cc(C)c(C)cc21. The Hall–Kier alpha value is -3.28. The molecule has 1 amide bonds. The molecule has 1 N–H and O–H groups in total. The first kappa shape index (κ1) is 18.5. The number of fused-ring (bicyclic) bond motifs is 1. The average Bonchev–Trinajstić information content (AvgIpc) is 2.63. The number of amides is 1. The van der Waals surface area contributed by atoms with Gasteiger partial charge in [-0.1, -0.05) is 12.1 Å². The normalized spacial score (nSPS) is 10.8. The van der Waals surface area contributed by atoms with E-state index in [1.54, 1.807) is 28.8 Å². The second-order valence-corrected chi connectivity index (χ2v) is 6.53. The molecule has 0 aliphatic carbocycles. The third-order valence-electron chi connectivity index (χ3n) is 4.62. The molecule has 0 spiro atoms. The molecule has 6 heteroatoms. The third kappa shape index (κ3) is 3.51. The van der Waals surface area contributed by atoms with Crippen LogP contribution in [-0.2, 0) is 6.54 Å². The standard InChI is InChI=1S/C21H21N3O3/c1-5-24-18-10-13(3)12(2)9-17(18)23-19(21(24)27)20(26)22-16-8-6-7-15(11-16)14(4)25/h6-11H,5H2,1-4H3,(H,22,26). The van der Waals surface area contributed by atoms with Gasteiger partial charge in [0.2, 0.25) is 0 Å². The zero-order valence-corrected chi connectivity index (χ0v) is 15.8. The molecule has 0 saturated carbocycles. The predicted molar refractivity (Wildman–Crippen MR) is 106 cm³/mol. The van der Waals surface area contributed by atoms with E-state index >= 15 is 0 Å². The molecule has 1 aromatic heterocycles. The first-order valence-corrected chi connectivity index (χ1v) is 8.76. The summed E-state index contributed by atoms with van der Waals surface area (Å²) in [5.41, 5.74) is 3.73. The molecular weight excluding hydrogens is 342 g/mol. The van der Waals surface area contributed by atoms with Gasteiger partial charge in [0.1, 0.15) is 0 Å². The van der Waals surface area contributed by atoms with Gasteiger partial charge in [-0.05, 0) is 63.1 Å². The number of Topliss-reactive ketones (excluding diaryl/α,β-unsaturated/α-hetero) is 1. The number of hydrogen-bond acceptors (Lipinski definition) is 4. The molecule has 0 aliphatic heterocycles. The van der Waals surface area contributed by atoms with Crippen LogP contribution < -0.4 is 10.9 Å². The van der Waals surface area contributed by atoms with Crippen molar-refractivity contribution < 1.29 is 9.59 Å². The molecule has 0 radical (unpaired) electrons. The van der Waals surface area contributed by atoms with Crippen LogP contribution in [0.25, 0.3) is 11.0 Å². The quantitative estimate of drug-likeness (QED) is 0.720. The lowest BCUT2D eigenvalue weighted by molar-refractivity contribution is 0.100. The Balaban J connectivity index is 2.08. The largest absolute Gasteiger partial charge is 0.320 e. The van der Waals surface area contributed by atoms with Gasteiger partial charge in [0.15, 0.2) is 11.5 Å². The molecule has 3 rings (SSSR count). The minimum absolute atomic E-state index is 0.103. The Bertz CT molecular complexity index is 1130. The lowest BCUT2D eigenvalue weighted by Gasteiger charge is -2.12. The minimum Gasteiger partial charge on any atom is -0.320 e. The Labute approximate surface area is 156 Å². The number of nitrogens with zero attached hydrogens (tertiary/aromatic N) is 2. The van der Waals surface area contributed by atoms with E-state index in [1.165, 1.54) is 6.92 Å². The van der Waals surface area contributed by atoms with Crippen molar-refractivity contribution in [1.29, 1.82) is 0 Å². The van der Waals surface area contributed by atoms with Crippen molar-refractivity contribution in [3.05, 3.63) is 69.1 Å². The molecule has 0 saturated heterocycles. The van der Waals surface area contributed by atoms with Crippen molar-refractivity contribution in [3.63, 3.8) is 0 Å². The second-order valence-electron chi connectivity index (χ2n) is 6.53. The molecule has 27 heavy (non-hydrogen) atoms. The van der Waals surface area contributed by atoms with Crippen LogP contribution in [0.15, 0.2) is 41.2 Å². The van der Waals surface area contributed by atoms with E-state index in [0.717, 1.165) is 11.1 Å². The van der Waals surface area contributed by atoms with Gasteiger partial charge >= 0.3 is 0 Å². The van der Waals surface area contributed by atoms with Crippen LogP contribution in [0, 0.1) is 13.8 Å². The summed E-state index contributed by atoms with van der Waals surface area (Å²) in [5, 5.41) is 2.67. The maximum Gasteiger partial charge on any atom is 0.282 e. The molecule has 2 aromatic carbocycles. The van der Waals surface area contributed by atoms with Gasteiger partial charge in [-0.2, -0.15) is 0 Å². The Morgan fingerprint density at radius 1 is 1.11 bits per heavy atom. The molecular formula is C21H21N3O3. The molecule has 1 heterocycles. The monoisotopic (exact) mass is 363 g/mol. The van der Waals surface area contributed by atoms with Gasteiger partial charge in [0.05, 0.1) is 11.0 Å². The topological polar surface area (TPSA) is 81.1 Å². The number of nitrogens with one attached hydrogen (secondary N) is 1. The highest BCUT2D eigenvalue weighted by Gasteiger charge is 2.18. The predicted octanol–water partition coefficient (Wildman–Crippen LogP) is 3.49. The Kier molecular flexibility index (Phi) is 4.90. The van der Waals surface area contributed by atoms with Crippen LogP contribution in [0.3, 0.4) is 0 Å². The van der Waals surface area contributed by atoms with Crippen LogP contribution >= 0.6 is 0 Å². The van der Waals surface area contributed by atoms with Gasteiger partial charge < -0.3 is 9.88 Å². The van der Waals surface area contributed by atoms with Crippen molar-refractivity contribution in [2.24, 2.45) is 0 Å². The maximum absolute atomic E-state index is 12.8. The van der Waals surface area contributed by atoms with E-state index in [0.29, 0.717) is 28.8 Å². The second kappa shape index (κ2) is 7.15. The summed E-state index contributed by atoms with van der Waals surface area (Å²) in [6.45, 7) is 7.68. The van der Waals surface area contributed by atoms with Gasteiger partial charge in [-0.15, -0.1) is 0 Å². The van der Waals surface area contributed by atoms with Crippen molar-refractivity contribution in [2.45, 2.75) is 34.2 Å². The summed E-state index contributed by atoms with van der Waals surface area (Å²) < 4.78 is 1.55. The number of ketones is 1. The number of aryl methyl sites for hydroxylation is 3. The van der Waals surface area contributed by atoms with Gasteiger partial charge in [-0.3, -0.25) is 14.4 Å². The average molecular weight is 363 g/mol. The van der Waals surface area contributed by atoms with Gasteiger partial charge in [-0.25, -0.2) is 4.98 Å². The summed E-state index contributed by atoms with van der Waals surface area (Å²) >= 11 is 0. The van der Waals surface area contributed by atoms with Crippen molar-refractivity contribution in [1.82, 2.24) is 9.55 Å². The Morgan fingerprint density at radius 2 is 1.81 bits per heavy atom. The zero-order valence-electron chi connectivity index (χ0n) is 15.8. The van der Waals surface area contributed by atoms with Crippen LogP contribution in [0.2, 0.25) is 0 Å². The van der Waals surface area contributed by atoms with E-state index in [9.17, 15) is 14.4 Å². The Morgan fingerprint density at radius 3 is 2.48 bits per heavy atom. The first-order chi connectivity index (χ1) is 12.8. The summed E-state index contributed by atoms with van der Waals surface area (Å²) in [6.07, 6.45) is 0. The lowest BCUT2D eigenvalue weighted by Crippen LogP contribution is -2.31.